The van der Waals surface area contributed by atoms with Crippen molar-refractivity contribution in [3.8, 4) is 0 Å². The number of esters is 4. The zero-order valence-corrected chi connectivity index (χ0v) is 63.8. The maximum absolute atomic E-state index is 13.1. The molecule has 95 heavy (non-hydrogen) atoms. The van der Waals surface area contributed by atoms with E-state index in [-0.39, 0.29) is 25.7 Å². The average Bonchev–Trinajstić information content (AvgIpc) is 1.65. The molecule has 564 valence electrons. The number of hydrogen-bond donors (Lipinski definition) is 3. The van der Waals surface area contributed by atoms with Crippen molar-refractivity contribution < 1.29 is 80.2 Å². The van der Waals surface area contributed by atoms with Gasteiger partial charge in [0.15, 0.2) is 12.2 Å². The smallest absolute Gasteiger partial charge is 0.462 e. The lowest BCUT2D eigenvalue weighted by Gasteiger charge is -2.21. The first-order chi connectivity index (χ1) is 45.9. The summed E-state index contributed by atoms with van der Waals surface area (Å²) in [4.78, 5) is 72.7. The van der Waals surface area contributed by atoms with Crippen LogP contribution in [0.2, 0.25) is 0 Å². The second-order valence-corrected chi connectivity index (χ2v) is 31.0. The minimum Gasteiger partial charge on any atom is -0.462 e. The Labute approximate surface area is 581 Å². The van der Waals surface area contributed by atoms with E-state index in [1.54, 1.807) is 0 Å². The lowest BCUT2D eigenvalue weighted by atomic mass is 10.00. The van der Waals surface area contributed by atoms with Crippen molar-refractivity contribution in [2.75, 3.05) is 39.6 Å². The number of rotatable bonds is 75. The van der Waals surface area contributed by atoms with Gasteiger partial charge in [-0.15, -0.1) is 0 Å². The molecule has 0 aliphatic rings. The van der Waals surface area contributed by atoms with Crippen molar-refractivity contribution in [2.24, 2.45) is 11.8 Å². The van der Waals surface area contributed by atoms with E-state index in [0.717, 1.165) is 102 Å². The fraction of sp³-hybridized carbons (Fsp3) is 0.947. The van der Waals surface area contributed by atoms with Gasteiger partial charge in [-0.3, -0.25) is 37.3 Å². The fourth-order valence-electron chi connectivity index (χ4n) is 11.6. The second-order valence-electron chi connectivity index (χ2n) is 28.1. The summed E-state index contributed by atoms with van der Waals surface area (Å²) < 4.78 is 68.5. The number of phosphoric acid groups is 2. The molecule has 0 aromatic heterocycles. The van der Waals surface area contributed by atoms with Gasteiger partial charge in [0.05, 0.1) is 26.4 Å². The Hall–Kier alpha value is -1.94. The van der Waals surface area contributed by atoms with Gasteiger partial charge in [-0.2, -0.15) is 0 Å². The van der Waals surface area contributed by atoms with Crippen LogP contribution in [0.5, 0.6) is 0 Å². The number of carbonyl (C=O) groups is 4. The number of unbranched alkanes of at least 4 members (excludes halogenated alkanes) is 44. The van der Waals surface area contributed by atoms with Crippen molar-refractivity contribution in [2.45, 2.75) is 413 Å². The molecule has 6 atom stereocenters. The van der Waals surface area contributed by atoms with Crippen LogP contribution in [0, 0.1) is 11.8 Å². The molecule has 0 rings (SSSR count). The molecule has 0 bridgehead atoms. The first-order valence-electron chi connectivity index (χ1n) is 39.5. The van der Waals surface area contributed by atoms with Crippen LogP contribution in [0.15, 0.2) is 0 Å². The Morgan fingerprint density at radius 1 is 0.305 bits per heavy atom. The number of ether oxygens (including phenoxy) is 4. The average molecular weight is 1400 g/mol. The summed E-state index contributed by atoms with van der Waals surface area (Å²) in [7, 11) is -9.91. The van der Waals surface area contributed by atoms with Gasteiger partial charge in [0.2, 0.25) is 0 Å². The van der Waals surface area contributed by atoms with Crippen LogP contribution in [0.3, 0.4) is 0 Å². The summed E-state index contributed by atoms with van der Waals surface area (Å²) in [6.07, 6.45) is 55.7. The summed E-state index contributed by atoms with van der Waals surface area (Å²) in [5.74, 6) is -0.693. The highest BCUT2D eigenvalue weighted by molar-refractivity contribution is 7.47. The molecule has 0 radical (unpaired) electrons. The molecule has 0 fully saturated rings. The highest BCUT2D eigenvalue weighted by Crippen LogP contribution is 2.45. The van der Waals surface area contributed by atoms with Gasteiger partial charge in [0, 0.05) is 25.7 Å². The van der Waals surface area contributed by atoms with Crippen molar-refractivity contribution in [3.63, 3.8) is 0 Å². The predicted octanol–water partition coefficient (Wildman–Crippen LogP) is 22.3. The van der Waals surface area contributed by atoms with Gasteiger partial charge < -0.3 is 33.8 Å². The van der Waals surface area contributed by atoms with Crippen molar-refractivity contribution in [1.82, 2.24) is 0 Å². The molecule has 3 unspecified atom stereocenters. The van der Waals surface area contributed by atoms with Crippen LogP contribution in [0.25, 0.3) is 0 Å². The minimum atomic E-state index is -4.96. The van der Waals surface area contributed by atoms with Gasteiger partial charge >= 0.3 is 39.5 Å². The van der Waals surface area contributed by atoms with Gasteiger partial charge in [-0.25, -0.2) is 9.13 Å². The fourth-order valence-corrected chi connectivity index (χ4v) is 13.2. The molecule has 0 saturated heterocycles. The molecule has 0 aliphatic heterocycles. The monoisotopic (exact) mass is 1400 g/mol. The SMILES string of the molecule is CCCCCCCCCCCCCCCCCCCCCCC(=O)O[C@H](COC(=O)CCCCCCCCCCCCCCCCC)COP(=O)(O)OC[C@@H](O)COP(=O)(O)OC[C@@H](COC(=O)CCCCCCCCC(C)CC)OC(=O)CCCCCCCCCC(C)C. The maximum Gasteiger partial charge on any atom is 0.472 e. The number of hydrogen-bond acceptors (Lipinski definition) is 15. The van der Waals surface area contributed by atoms with E-state index in [4.69, 9.17) is 37.0 Å². The van der Waals surface area contributed by atoms with E-state index in [1.807, 2.05) is 0 Å². The van der Waals surface area contributed by atoms with Crippen molar-refractivity contribution in [3.05, 3.63) is 0 Å². The molecule has 0 aromatic rings. The Kier molecular flexibility index (Phi) is 66.5. The standard InChI is InChI=1S/C76H148O17P2/c1-7-10-12-14-16-18-20-22-24-25-26-27-28-30-32-34-36-40-48-54-60-75(80)92-71(64-86-73(78)58-52-46-39-35-33-31-29-23-21-19-17-15-13-11-8-2)66-90-94(82,83)88-62-70(77)63-89-95(84,85)91-67-72(93-76(81)61-55-49-41-37-38-44-50-56-68(4)5)65-87-74(79)59-53-47-43-42-45-51-57-69(6)9-3/h68-72,77H,7-67H2,1-6H3,(H,82,83)(H,84,85)/t69?,70-,71-,72-/m1/s1. The summed E-state index contributed by atoms with van der Waals surface area (Å²) >= 11 is 0. The summed E-state index contributed by atoms with van der Waals surface area (Å²) in [6.45, 7) is 9.49. The van der Waals surface area contributed by atoms with Crippen LogP contribution in [-0.4, -0.2) is 96.7 Å². The molecule has 0 spiro atoms. The largest absolute Gasteiger partial charge is 0.472 e. The van der Waals surface area contributed by atoms with E-state index in [9.17, 15) is 43.2 Å². The molecule has 0 amide bonds. The Morgan fingerprint density at radius 3 is 0.800 bits per heavy atom. The molecule has 17 nitrogen and oxygen atoms in total. The van der Waals surface area contributed by atoms with Crippen LogP contribution < -0.4 is 0 Å². The van der Waals surface area contributed by atoms with E-state index < -0.39 is 97.5 Å². The third-order valence-corrected chi connectivity index (χ3v) is 20.0. The first kappa shape index (κ1) is 93.1. The van der Waals surface area contributed by atoms with E-state index in [1.165, 1.54) is 205 Å². The zero-order valence-electron chi connectivity index (χ0n) is 62.0. The van der Waals surface area contributed by atoms with E-state index in [2.05, 4.69) is 41.5 Å². The number of aliphatic hydroxyl groups is 1. The van der Waals surface area contributed by atoms with Crippen LogP contribution in [0.1, 0.15) is 395 Å². The Bertz CT molecular complexity index is 1840. The third-order valence-electron chi connectivity index (χ3n) is 18.1. The summed E-state index contributed by atoms with van der Waals surface area (Å²) in [6, 6.07) is 0. The molecule has 19 heteroatoms. The molecular formula is C76H148O17P2. The molecule has 3 N–H and O–H groups in total. The van der Waals surface area contributed by atoms with Crippen LogP contribution >= 0.6 is 15.6 Å². The molecular weight excluding hydrogens is 1250 g/mol. The Balaban J connectivity index is 5.21. The summed E-state index contributed by atoms with van der Waals surface area (Å²) in [5.41, 5.74) is 0. The van der Waals surface area contributed by atoms with Crippen LogP contribution in [-0.2, 0) is 65.4 Å². The van der Waals surface area contributed by atoms with Gasteiger partial charge in [0.1, 0.15) is 19.3 Å². The number of carbonyl (C=O) groups excluding carboxylic acids is 4. The first-order valence-corrected chi connectivity index (χ1v) is 42.5. The van der Waals surface area contributed by atoms with Gasteiger partial charge in [0.25, 0.3) is 0 Å². The topological polar surface area (TPSA) is 237 Å². The molecule has 0 saturated carbocycles. The third kappa shape index (κ3) is 69.0. The number of phosphoric ester groups is 2. The Morgan fingerprint density at radius 2 is 0.537 bits per heavy atom. The molecule has 0 heterocycles. The van der Waals surface area contributed by atoms with E-state index in [0.29, 0.717) is 31.6 Å². The lowest BCUT2D eigenvalue weighted by molar-refractivity contribution is -0.161. The van der Waals surface area contributed by atoms with Gasteiger partial charge in [-0.1, -0.05) is 343 Å². The lowest BCUT2D eigenvalue weighted by Crippen LogP contribution is -2.30. The maximum atomic E-state index is 13.1. The molecule has 0 aliphatic carbocycles. The van der Waals surface area contributed by atoms with Crippen molar-refractivity contribution in [1.29, 1.82) is 0 Å². The molecule has 0 aromatic carbocycles. The highest BCUT2D eigenvalue weighted by atomic mass is 31.2. The predicted molar refractivity (Wildman–Crippen MR) is 386 cm³/mol. The van der Waals surface area contributed by atoms with Gasteiger partial charge in [-0.05, 0) is 37.5 Å². The minimum absolute atomic E-state index is 0.103. The normalized spacial score (nSPS) is 14.3. The quantitative estimate of drug-likeness (QED) is 0.0222. The highest BCUT2D eigenvalue weighted by Gasteiger charge is 2.30. The van der Waals surface area contributed by atoms with E-state index >= 15 is 0 Å². The summed E-state index contributed by atoms with van der Waals surface area (Å²) in [5, 5.41) is 10.6. The zero-order chi connectivity index (χ0) is 70.0. The van der Waals surface area contributed by atoms with Crippen LogP contribution in [0.4, 0.5) is 0 Å². The van der Waals surface area contributed by atoms with Crippen molar-refractivity contribution >= 4 is 39.5 Å². The second kappa shape index (κ2) is 67.9. The number of aliphatic hydroxyl groups excluding tert-OH is 1.